The molecule has 2 unspecified atom stereocenters. The highest BCUT2D eigenvalue weighted by molar-refractivity contribution is 6.28. The van der Waals surface area contributed by atoms with Gasteiger partial charge in [0.15, 0.2) is 34.9 Å². The minimum atomic E-state index is -2.18. The molecule has 1 aromatic carbocycles. The number of nitrogens with zero attached hydrogens (tertiary/aromatic N) is 4. The average Bonchev–Trinajstić information content (AvgIpc) is 3.62. The number of hydrogen-bond acceptors (Lipinski definition) is 10. The first-order valence-electron chi connectivity index (χ1n) is 12.0. The van der Waals surface area contributed by atoms with Crippen LogP contribution in [0.3, 0.4) is 0 Å². The monoisotopic (exact) mass is 543 g/mol. The Morgan fingerprint density at radius 1 is 1.37 bits per heavy atom. The molecule has 38 heavy (non-hydrogen) atoms. The number of fused-ring (bicyclic) bond motifs is 1. The summed E-state index contributed by atoms with van der Waals surface area (Å²) in [4.78, 5) is 24.7. The lowest BCUT2D eigenvalue weighted by Crippen LogP contribution is -2.48. The van der Waals surface area contributed by atoms with Gasteiger partial charge in [-0.2, -0.15) is 9.97 Å². The Bertz CT molecular complexity index is 1340. The number of imidazole rings is 1. The summed E-state index contributed by atoms with van der Waals surface area (Å²) in [6.45, 7) is 0.736. The molecule has 3 aromatic rings. The van der Waals surface area contributed by atoms with E-state index in [2.05, 4.69) is 26.2 Å². The van der Waals surface area contributed by atoms with Crippen molar-refractivity contribution in [2.24, 2.45) is 0 Å². The lowest BCUT2D eigenvalue weighted by molar-refractivity contribution is -0.156. The van der Waals surface area contributed by atoms with Crippen molar-refractivity contribution in [3.8, 4) is 12.3 Å². The highest BCUT2D eigenvalue weighted by Gasteiger charge is 2.56. The molecule has 12 nitrogen and oxygen atoms in total. The van der Waals surface area contributed by atoms with Gasteiger partial charge >= 0.3 is 5.97 Å². The number of aliphatic hydroxyl groups is 2. The molecule has 0 bridgehead atoms. The molecule has 0 spiro atoms. The largest absolute Gasteiger partial charge is 0.479 e. The molecule has 6 atom stereocenters. The van der Waals surface area contributed by atoms with E-state index in [-0.39, 0.29) is 23.4 Å². The van der Waals surface area contributed by atoms with Gasteiger partial charge in [0, 0.05) is 13.0 Å². The molecule has 2 fully saturated rings. The SMILES string of the molecule is C#C[C@@]1(O)[C@@H](COC(Cc2ccccc2)C(=O)O)O[C@@H](n2cnc3c(NC4CCOC4)nc(Cl)nc32)[C@@H]1O. The zero-order valence-corrected chi connectivity index (χ0v) is 20.9. The minimum Gasteiger partial charge on any atom is -0.479 e. The summed E-state index contributed by atoms with van der Waals surface area (Å²) < 4.78 is 18.4. The number of benzene rings is 1. The van der Waals surface area contributed by atoms with Gasteiger partial charge in [0.1, 0.15) is 12.2 Å². The van der Waals surface area contributed by atoms with Crippen molar-refractivity contribution < 1.29 is 34.3 Å². The number of aromatic nitrogens is 4. The van der Waals surface area contributed by atoms with Crippen molar-refractivity contribution in [1.29, 1.82) is 0 Å². The summed E-state index contributed by atoms with van der Waals surface area (Å²) in [6, 6.07) is 8.99. The Kier molecular flexibility index (Phi) is 7.49. The van der Waals surface area contributed by atoms with Gasteiger partial charge in [0.05, 0.1) is 25.6 Å². The maximum Gasteiger partial charge on any atom is 0.333 e. The summed E-state index contributed by atoms with van der Waals surface area (Å²) in [5.74, 6) is 1.39. The van der Waals surface area contributed by atoms with Crippen LogP contribution in [0, 0.1) is 12.3 Å². The van der Waals surface area contributed by atoms with Crippen LogP contribution >= 0.6 is 11.6 Å². The van der Waals surface area contributed by atoms with Crippen molar-refractivity contribution in [2.45, 2.75) is 49.0 Å². The molecule has 2 saturated heterocycles. The lowest BCUT2D eigenvalue weighted by atomic mass is 9.93. The number of ether oxygens (including phenoxy) is 3. The molecule has 13 heteroatoms. The van der Waals surface area contributed by atoms with Gasteiger partial charge in [-0.15, -0.1) is 6.42 Å². The molecule has 0 radical (unpaired) electrons. The molecule has 2 aliphatic heterocycles. The van der Waals surface area contributed by atoms with E-state index in [0.717, 1.165) is 12.0 Å². The van der Waals surface area contributed by atoms with Gasteiger partial charge in [0.25, 0.3) is 0 Å². The van der Waals surface area contributed by atoms with Crippen LogP contribution in [-0.4, -0.2) is 90.6 Å². The third-order valence-electron chi connectivity index (χ3n) is 6.67. The van der Waals surface area contributed by atoms with Gasteiger partial charge in [-0.25, -0.2) is 9.78 Å². The Balaban J connectivity index is 1.38. The van der Waals surface area contributed by atoms with Crippen LogP contribution < -0.4 is 5.32 Å². The molecule has 4 N–H and O–H groups in total. The third-order valence-corrected chi connectivity index (χ3v) is 6.84. The standard InChI is InChI=1S/C25H26ClN5O7/c1-2-25(35)17(12-37-16(23(33)34)10-14-6-4-3-5-7-14)38-22(19(25)32)31-13-27-18-20(28-15-8-9-36-11-15)29-24(26)30-21(18)31/h1,3-7,13,15-17,19,22,32,35H,8-12H2,(H,33,34)(H,28,29,30)/t15?,16?,17-,19+,22-,25-/m1/s1. The minimum absolute atomic E-state index is 0.0220. The second-order valence-corrected chi connectivity index (χ2v) is 9.49. The topological polar surface area (TPSA) is 161 Å². The number of nitrogens with one attached hydrogen (secondary N) is 1. The summed E-state index contributed by atoms with van der Waals surface area (Å²) in [7, 11) is 0. The molecule has 4 heterocycles. The van der Waals surface area contributed by atoms with Crippen LogP contribution in [0.4, 0.5) is 5.82 Å². The highest BCUT2D eigenvalue weighted by atomic mass is 35.5. The van der Waals surface area contributed by atoms with Gasteiger partial charge in [-0.05, 0) is 23.6 Å². The fourth-order valence-corrected chi connectivity index (χ4v) is 4.75. The maximum atomic E-state index is 11.8. The first-order valence-corrected chi connectivity index (χ1v) is 12.3. The van der Waals surface area contributed by atoms with Gasteiger partial charge in [-0.3, -0.25) is 4.57 Å². The number of anilines is 1. The second kappa shape index (κ2) is 10.8. The smallest absolute Gasteiger partial charge is 0.333 e. The molecule has 0 saturated carbocycles. The zero-order chi connectivity index (χ0) is 26.9. The summed E-state index contributed by atoms with van der Waals surface area (Å²) >= 11 is 6.18. The Morgan fingerprint density at radius 3 is 2.84 bits per heavy atom. The van der Waals surface area contributed by atoms with E-state index in [1.54, 1.807) is 24.3 Å². The van der Waals surface area contributed by atoms with Gasteiger partial charge in [0.2, 0.25) is 5.28 Å². The zero-order valence-electron chi connectivity index (χ0n) is 20.1. The predicted octanol–water partition coefficient (Wildman–Crippen LogP) is 1.02. The predicted molar refractivity (Wildman–Crippen MR) is 134 cm³/mol. The highest BCUT2D eigenvalue weighted by Crippen LogP contribution is 2.39. The van der Waals surface area contributed by atoms with E-state index in [4.69, 9.17) is 32.2 Å². The molecule has 5 rings (SSSR count). The number of terminal acetylenes is 1. The van der Waals surface area contributed by atoms with Crippen molar-refractivity contribution in [3.05, 3.63) is 47.5 Å². The number of carboxylic acids is 1. The molecular formula is C25H26ClN5O7. The number of carboxylic acid groups (broad SMARTS) is 1. The van der Waals surface area contributed by atoms with E-state index in [1.807, 2.05) is 6.07 Å². The molecule has 0 aliphatic carbocycles. The van der Waals surface area contributed by atoms with Crippen LogP contribution in [0.2, 0.25) is 5.28 Å². The quantitative estimate of drug-likeness (QED) is 0.225. The van der Waals surface area contributed by atoms with Crippen LogP contribution in [0.25, 0.3) is 11.2 Å². The Hall–Kier alpha value is -3.31. The van der Waals surface area contributed by atoms with E-state index in [0.29, 0.717) is 24.5 Å². The van der Waals surface area contributed by atoms with Crippen molar-refractivity contribution >= 4 is 34.6 Å². The second-order valence-electron chi connectivity index (χ2n) is 9.15. The fourth-order valence-electron chi connectivity index (χ4n) is 4.58. The summed E-state index contributed by atoms with van der Waals surface area (Å²) in [5, 5.41) is 35.0. The number of halogens is 1. The van der Waals surface area contributed by atoms with Crippen LogP contribution in [0.5, 0.6) is 0 Å². The molecule has 200 valence electrons. The fraction of sp³-hybridized carbons (Fsp3) is 0.440. The summed E-state index contributed by atoms with van der Waals surface area (Å²) in [5.41, 5.74) is -0.818. The van der Waals surface area contributed by atoms with E-state index < -0.39 is 42.7 Å². The molecular weight excluding hydrogens is 518 g/mol. The molecule has 0 amide bonds. The van der Waals surface area contributed by atoms with Crippen LogP contribution in [0.1, 0.15) is 18.2 Å². The third kappa shape index (κ3) is 5.04. The number of carbonyl (C=O) groups is 1. The van der Waals surface area contributed by atoms with Gasteiger partial charge in [-0.1, -0.05) is 36.3 Å². The molecule has 2 aliphatic rings. The lowest BCUT2D eigenvalue weighted by Gasteiger charge is -2.26. The van der Waals surface area contributed by atoms with Crippen molar-refractivity contribution in [2.75, 3.05) is 25.1 Å². The van der Waals surface area contributed by atoms with Gasteiger partial charge < -0.3 is 34.8 Å². The maximum absolute atomic E-state index is 11.8. The van der Waals surface area contributed by atoms with Crippen LogP contribution in [-0.2, 0) is 25.4 Å². The van der Waals surface area contributed by atoms with Crippen LogP contribution in [0.15, 0.2) is 36.7 Å². The number of rotatable bonds is 9. The summed E-state index contributed by atoms with van der Waals surface area (Å²) in [6.07, 6.45) is 2.52. The Morgan fingerprint density at radius 2 is 2.16 bits per heavy atom. The number of aliphatic hydroxyl groups excluding tert-OH is 1. The Labute approximate surface area is 222 Å². The number of aliphatic carboxylic acids is 1. The molecule has 2 aromatic heterocycles. The average molecular weight is 544 g/mol. The van der Waals surface area contributed by atoms with Crippen molar-refractivity contribution in [3.63, 3.8) is 0 Å². The first kappa shape index (κ1) is 26.3. The van der Waals surface area contributed by atoms with E-state index >= 15 is 0 Å². The normalized spacial score (nSPS) is 27.8. The van der Waals surface area contributed by atoms with Crippen molar-refractivity contribution in [1.82, 2.24) is 19.5 Å². The first-order chi connectivity index (χ1) is 18.3. The van der Waals surface area contributed by atoms with E-state index in [1.165, 1.54) is 10.9 Å². The van der Waals surface area contributed by atoms with E-state index in [9.17, 15) is 20.1 Å². The number of hydrogen-bond donors (Lipinski definition) is 4.